The van der Waals surface area contributed by atoms with E-state index in [2.05, 4.69) is 38.2 Å². The molecule has 1 rings (SSSR count). The number of carbonyl (C=O) groups is 2. The van der Waals surface area contributed by atoms with Gasteiger partial charge in [0, 0.05) is 12.8 Å². The fourth-order valence-corrected chi connectivity index (χ4v) is 6.39. The second kappa shape index (κ2) is 34.7. The van der Waals surface area contributed by atoms with Crippen LogP contribution in [0.4, 0.5) is 0 Å². The van der Waals surface area contributed by atoms with Crippen LogP contribution in [0, 0.1) is 0 Å². The number of unbranched alkanes of at least 4 members (excludes halogenated alkanes) is 20. The van der Waals surface area contributed by atoms with Gasteiger partial charge in [0.2, 0.25) is 0 Å². The largest absolute Gasteiger partial charge is 0.462 e. The average Bonchev–Trinajstić information content (AvgIpc) is 3.15. The van der Waals surface area contributed by atoms with Crippen LogP contribution in [-0.4, -0.2) is 89.0 Å². The molecule has 10 nitrogen and oxygen atoms in total. The van der Waals surface area contributed by atoms with Crippen molar-refractivity contribution >= 4 is 11.9 Å². The van der Waals surface area contributed by atoms with Crippen LogP contribution in [0.3, 0.4) is 0 Å². The molecule has 6 atom stereocenters. The minimum absolute atomic E-state index is 0.216. The van der Waals surface area contributed by atoms with E-state index < -0.39 is 49.4 Å². The zero-order valence-corrected chi connectivity index (χ0v) is 33.5. The molecule has 0 aliphatic carbocycles. The summed E-state index contributed by atoms with van der Waals surface area (Å²) in [5.41, 5.74) is 0. The second-order valence-corrected chi connectivity index (χ2v) is 14.8. The van der Waals surface area contributed by atoms with Crippen LogP contribution in [0.1, 0.15) is 181 Å². The van der Waals surface area contributed by atoms with Crippen molar-refractivity contribution in [2.24, 2.45) is 0 Å². The van der Waals surface area contributed by atoms with E-state index in [-0.39, 0.29) is 32.0 Å². The topological polar surface area (TPSA) is 152 Å². The molecule has 6 unspecified atom stereocenters. The van der Waals surface area contributed by atoms with E-state index in [1.54, 1.807) is 0 Å². The molecular formula is C43H78O10. The number of aliphatic hydroxyl groups is 4. The molecule has 310 valence electrons. The predicted molar refractivity (Wildman–Crippen MR) is 210 cm³/mol. The molecule has 1 fully saturated rings. The summed E-state index contributed by atoms with van der Waals surface area (Å²) in [5, 5.41) is 40.0. The maximum Gasteiger partial charge on any atom is 0.306 e. The Kier molecular flexibility index (Phi) is 32.2. The lowest BCUT2D eigenvalue weighted by Gasteiger charge is -2.39. The number of hydrogen-bond donors (Lipinski definition) is 4. The van der Waals surface area contributed by atoms with Crippen molar-refractivity contribution in [1.82, 2.24) is 0 Å². The molecular weight excluding hydrogens is 676 g/mol. The van der Waals surface area contributed by atoms with E-state index >= 15 is 0 Å². The van der Waals surface area contributed by atoms with Gasteiger partial charge in [0.1, 0.15) is 31.0 Å². The van der Waals surface area contributed by atoms with Gasteiger partial charge in [0.15, 0.2) is 12.4 Å². The van der Waals surface area contributed by atoms with Gasteiger partial charge in [-0.05, 0) is 44.9 Å². The van der Waals surface area contributed by atoms with Gasteiger partial charge in [-0.2, -0.15) is 0 Å². The Labute approximate surface area is 322 Å². The van der Waals surface area contributed by atoms with Gasteiger partial charge >= 0.3 is 11.9 Å². The first-order valence-corrected chi connectivity index (χ1v) is 21.4. The lowest BCUT2D eigenvalue weighted by Crippen LogP contribution is -2.59. The van der Waals surface area contributed by atoms with Crippen LogP contribution >= 0.6 is 0 Å². The van der Waals surface area contributed by atoms with Crippen molar-refractivity contribution in [3.05, 3.63) is 24.3 Å². The number of allylic oxidation sites excluding steroid dienone is 4. The van der Waals surface area contributed by atoms with E-state index in [0.29, 0.717) is 6.42 Å². The Morgan fingerprint density at radius 2 is 1.06 bits per heavy atom. The summed E-state index contributed by atoms with van der Waals surface area (Å²) in [6.45, 7) is 3.37. The molecule has 10 heteroatoms. The number of rotatable bonds is 35. The summed E-state index contributed by atoms with van der Waals surface area (Å²) in [5.74, 6) is -0.811. The summed E-state index contributed by atoms with van der Waals surface area (Å²) in [6, 6.07) is 0. The van der Waals surface area contributed by atoms with Crippen LogP contribution in [0.25, 0.3) is 0 Å². The Morgan fingerprint density at radius 1 is 0.585 bits per heavy atom. The molecule has 0 saturated carbocycles. The highest BCUT2D eigenvalue weighted by Gasteiger charge is 2.44. The van der Waals surface area contributed by atoms with Crippen molar-refractivity contribution in [1.29, 1.82) is 0 Å². The van der Waals surface area contributed by atoms with Crippen LogP contribution < -0.4 is 0 Å². The summed E-state index contributed by atoms with van der Waals surface area (Å²) < 4.78 is 22.1. The first kappa shape index (κ1) is 49.2. The van der Waals surface area contributed by atoms with Gasteiger partial charge in [-0.3, -0.25) is 9.59 Å². The van der Waals surface area contributed by atoms with Crippen LogP contribution in [0.15, 0.2) is 24.3 Å². The van der Waals surface area contributed by atoms with Gasteiger partial charge in [-0.25, -0.2) is 0 Å². The number of hydrogen-bond acceptors (Lipinski definition) is 10. The summed E-state index contributed by atoms with van der Waals surface area (Å²) >= 11 is 0. The quantitative estimate of drug-likeness (QED) is 0.0281. The van der Waals surface area contributed by atoms with Crippen molar-refractivity contribution in [3.63, 3.8) is 0 Å². The second-order valence-electron chi connectivity index (χ2n) is 14.8. The smallest absolute Gasteiger partial charge is 0.306 e. The van der Waals surface area contributed by atoms with Gasteiger partial charge < -0.3 is 39.4 Å². The Bertz CT molecular complexity index is 923. The van der Waals surface area contributed by atoms with Gasteiger partial charge in [0.25, 0.3) is 0 Å². The first-order valence-electron chi connectivity index (χ1n) is 21.4. The SMILES string of the molecule is CCCCC/C=C\C/C=C\CCCCCCCCCCCC(=O)OC(COC(=O)CCCCCCCCCCC)COC1OC(CO)C(O)C(O)C1O. The van der Waals surface area contributed by atoms with E-state index in [9.17, 15) is 30.0 Å². The first-order chi connectivity index (χ1) is 25.8. The fourth-order valence-electron chi connectivity index (χ4n) is 6.39. The minimum Gasteiger partial charge on any atom is -0.462 e. The van der Waals surface area contributed by atoms with Crippen LogP contribution in [0.2, 0.25) is 0 Å². The molecule has 1 aliphatic heterocycles. The fraction of sp³-hybridized carbons (Fsp3) is 0.860. The maximum atomic E-state index is 12.7. The highest BCUT2D eigenvalue weighted by molar-refractivity contribution is 5.70. The van der Waals surface area contributed by atoms with Crippen molar-refractivity contribution in [2.45, 2.75) is 218 Å². The highest BCUT2D eigenvalue weighted by atomic mass is 16.7. The summed E-state index contributed by atoms with van der Waals surface area (Å²) in [4.78, 5) is 25.2. The molecule has 0 aromatic rings. The highest BCUT2D eigenvalue weighted by Crippen LogP contribution is 2.22. The number of esters is 2. The van der Waals surface area contributed by atoms with Gasteiger partial charge in [-0.15, -0.1) is 0 Å². The lowest BCUT2D eigenvalue weighted by molar-refractivity contribution is -0.305. The molecule has 1 heterocycles. The molecule has 53 heavy (non-hydrogen) atoms. The average molecular weight is 755 g/mol. The van der Waals surface area contributed by atoms with Gasteiger partial charge in [-0.1, -0.05) is 147 Å². The van der Waals surface area contributed by atoms with Crippen LogP contribution in [0.5, 0.6) is 0 Å². The molecule has 1 saturated heterocycles. The molecule has 0 radical (unpaired) electrons. The lowest BCUT2D eigenvalue weighted by atomic mass is 9.99. The third kappa shape index (κ3) is 26.6. The van der Waals surface area contributed by atoms with E-state index in [0.717, 1.165) is 51.4 Å². The van der Waals surface area contributed by atoms with Crippen LogP contribution in [-0.2, 0) is 28.5 Å². The Balaban J connectivity index is 2.31. The Hall–Kier alpha value is -1.82. The van der Waals surface area contributed by atoms with E-state index in [1.165, 1.54) is 96.3 Å². The molecule has 0 bridgehead atoms. The molecule has 0 aromatic heterocycles. The molecule has 0 aromatic carbocycles. The third-order valence-electron chi connectivity index (χ3n) is 9.84. The molecule has 4 N–H and O–H groups in total. The standard InChI is InChI=1S/C43H78O10/c1-3-5-7-9-11-13-14-15-16-17-18-19-20-21-22-24-26-28-30-32-39(46)52-36(35-51-43-42(49)41(48)40(47)37(33-44)53-43)34-50-38(45)31-29-27-25-23-12-10-8-6-4-2/h11,13,15-16,36-37,40-44,47-49H,3-10,12,14,17-35H2,1-2H3/b13-11-,16-15-. The number of ether oxygens (including phenoxy) is 4. The monoisotopic (exact) mass is 755 g/mol. The number of aliphatic hydroxyl groups excluding tert-OH is 4. The maximum absolute atomic E-state index is 12.7. The van der Waals surface area contributed by atoms with Crippen molar-refractivity contribution < 1.29 is 49.0 Å². The van der Waals surface area contributed by atoms with E-state index in [1.807, 2.05) is 0 Å². The number of carbonyl (C=O) groups excluding carboxylic acids is 2. The zero-order chi connectivity index (χ0) is 38.8. The molecule has 0 amide bonds. The minimum atomic E-state index is -1.59. The predicted octanol–water partition coefficient (Wildman–Crippen LogP) is 8.55. The summed E-state index contributed by atoms with van der Waals surface area (Å²) in [6.07, 6.45) is 29.1. The third-order valence-corrected chi connectivity index (χ3v) is 9.84. The van der Waals surface area contributed by atoms with Gasteiger partial charge in [0.05, 0.1) is 13.2 Å². The Morgan fingerprint density at radius 3 is 1.60 bits per heavy atom. The van der Waals surface area contributed by atoms with Crippen molar-refractivity contribution in [3.8, 4) is 0 Å². The zero-order valence-electron chi connectivity index (χ0n) is 33.5. The molecule has 1 aliphatic rings. The normalized spacial score (nSPS) is 21.1. The van der Waals surface area contributed by atoms with E-state index in [4.69, 9.17) is 18.9 Å². The van der Waals surface area contributed by atoms with Crippen molar-refractivity contribution in [2.75, 3.05) is 19.8 Å². The molecule has 0 spiro atoms. The summed E-state index contributed by atoms with van der Waals surface area (Å²) in [7, 11) is 0.